The summed E-state index contributed by atoms with van der Waals surface area (Å²) in [5, 5.41) is 8.38. The Bertz CT molecular complexity index is 556. The van der Waals surface area contributed by atoms with Crippen molar-refractivity contribution in [3.05, 3.63) is 0 Å². The second kappa shape index (κ2) is 17.8. The van der Waals surface area contributed by atoms with E-state index in [2.05, 4.69) is 54.3 Å². The SMILES string of the molecule is CCCCCCCCC#CCC#CCC#CCC#CCC(=O)O. The highest BCUT2D eigenvalue weighted by Crippen LogP contribution is 2.06. The number of aliphatic carboxylic acids is 1. The monoisotopic (exact) mass is 310 g/mol. The first-order valence-corrected chi connectivity index (χ1v) is 8.32. The van der Waals surface area contributed by atoms with E-state index in [0.717, 1.165) is 6.42 Å². The first-order valence-electron chi connectivity index (χ1n) is 8.32. The molecule has 0 bridgehead atoms. The Morgan fingerprint density at radius 3 is 1.74 bits per heavy atom. The van der Waals surface area contributed by atoms with Crippen LogP contribution in [0.2, 0.25) is 0 Å². The number of carbonyl (C=O) groups is 1. The molecule has 0 aliphatic heterocycles. The fourth-order valence-corrected chi connectivity index (χ4v) is 1.73. The molecular weight excluding hydrogens is 284 g/mol. The van der Waals surface area contributed by atoms with E-state index in [1.54, 1.807) is 0 Å². The number of unbranched alkanes of at least 4 members (excludes halogenated alkanes) is 6. The van der Waals surface area contributed by atoms with Gasteiger partial charge < -0.3 is 5.11 Å². The third kappa shape index (κ3) is 19.7. The standard InChI is InChI=1S/C21H26O2/c1-2-3-4-5-6-7-8-9-10-11-12-13-14-15-16-17-18-19-20-21(22)23/h2-8,11,14,17,20H2,1H3,(H,22,23). The lowest BCUT2D eigenvalue weighted by molar-refractivity contribution is -0.135. The summed E-state index contributed by atoms with van der Waals surface area (Å²) in [6.45, 7) is 2.23. The second-order valence-corrected chi connectivity index (χ2v) is 5.03. The normalized spacial score (nSPS) is 8.22. The molecule has 0 atom stereocenters. The number of carboxylic acid groups (broad SMARTS) is 1. The molecule has 0 saturated carbocycles. The molecule has 0 aromatic heterocycles. The predicted molar refractivity (Wildman–Crippen MR) is 95.2 cm³/mol. The van der Waals surface area contributed by atoms with Gasteiger partial charge in [-0.05, 0) is 6.42 Å². The van der Waals surface area contributed by atoms with Crippen LogP contribution in [0.5, 0.6) is 0 Å². The van der Waals surface area contributed by atoms with Gasteiger partial charge in [-0.15, -0.1) is 5.92 Å². The number of hydrogen-bond donors (Lipinski definition) is 1. The van der Waals surface area contributed by atoms with Crippen molar-refractivity contribution >= 4 is 5.97 Å². The molecule has 0 fully saturated rings. The van der Waals surface area contributed by atoms with Gasteiger partial charge in [0, 0.05) is 6.42 Å². The molecule has 0 aromatic rings. The quantitative estimate of drug-likeness (QED) is 0.559. The van der Waals surface area contributed by atoms with Crippen LogP contribution in [-0.4, -0.2) is 11.1 Å². The zero-order valence-corrected chi connectivity index (χ0v) is 14.1. The summed E-state index contributed by atoms with van der Waals surface area (Å²) in [4.78, 5) is 10.2. The summed E-state index contributed by atoms with van der Waals surface area (Å²) in [6, 6.07) is 0. The predicted octanol–water partition coefficient (Wildman–Crippen LogP) is 4.40. The number of rotatable bonds is 7. The Morgan fingerprint density at radius 1 is 0.696 bits per heavy atom. The molecule has 0 aliphatic rings. The van der Waals surface area contributed by atoms with Gasteiger partial charge in [-0.1, -0.05) is 80.5 Å². The van der Waals surface area contributed by atoms with Gasteiger partial charge in [-0.25, -0.2) is 0 Å². The first kappa shape index (κ1) is 20.7. The maximum Gasteiger partial charge on any atom is 0.315 e. The third-order valence-corrected chi connectivity index (χ3v) is 2.93. The molecular formula is C21H26O2. The summed E-state index contributed by atoms with van der Waals surface area (Å²) >= 11 is 0. The van der Waals surface area contributed by atoms with Crippen LogP contribution in [0.1, 0.15) is 77.6 Å². The molecule has 0 amide bonds. The van der Waals surface area contributed by atoms with E-state index in [1.807, 2.05) is 0 Å². The molecule has 0 aliphatic carbocycles. The van der Waals surface area contributed by atoms with E-state index >= 15 is 0 Å². The molecule has 2 nitrogen and oxygen atoms in total. The third-order valence-electron chi connectivity index (χ3n) is 2.93. The first-order chi connectivity index (χ1) is 11.3. The van der Waals surface area contributed by atoms with Crippen LogP contribution in [0.4, 0.5) is 0 Å². The average Bonchev–Trinajstić information content (AvgIpc) is 2.53. The lowest BCUT2D eigenvalue weighted by Crippen LogP contribution is -1.89. The number of carboxylic acids is 1. The van der Waals surface area contributed by atoms with Gasteiger partial charge in [0.2, 0.25) is 0 Å². The molecule has 0 rings (SSSR count). The van der Waals surface area contributed by atoms with E-state index in [9.17, 15) is 4.79 Å². The highest BCUT2D eigenvalue weighted by atomic mass is 16.4. The molecule has 0 radical (unpaired) electrons. The fourth-order valence-electron chi connectivity index (χ4n) is 1.73. The lowest BCUT2D eigenvalue weighted by Gasteiger charge is -1.96. The van der Waals surface area contributed by atoms with Gasteiger partial charge in [-0.2, -0.15) is 0 Å². The van der Waals surface area contributed by atoms with Crippen LogP contribution in [0.25, 0.3) is 0 Å². The largest absolute Gasteiger partial charge is 0.481 e. The van der Waals surface area contributed by atoms with Crippen LogP contribution < -0.4 is 0 Å². The average molecular weight is 310 g/mol. The van der Waals surface area contributed by atoms with Gasteiger partial charge in [0.15, 0.2) is 0 Å². The minimum atomic E-state index is -0.908. The van der Waals surface area contributed by atoms with Crippen LogP contribution >= 0.6 is 0 Å². The molecule has 122 valence electrons. The van der Waals surface area contributed by atoms with Crippen LogP contribution in [0.15, 0.2) is 0 Å². The maximum atomic E-state index is 10.2. The van der Waals surface area contributed by atoms with Crippen LogP contribution in [0.3, 0.4) is 0 Å². The minimum Gasteiger partial charge on any atom is -0.481 e. The van der Waals surface area contributed by atoms with Gasteiger partial charge in [0.05, 0.1) is 19.3 Å². The molecule has 0 spiro atoms. The fraction of sp³-hybridized carbons (Fsp3) is 0.571. The Morgan fingerprint density at radius 2 is 1.17 bits per heavy atom. The van der Waals surface area contributed by atoms with E-state index in [1.165, 1.54) is 38.5 Å². The van der Waals surface area contributed by atoms with Crippen molar-refractivity contribution < 1.29 is 9.90 Å². The summed E-state index contributed by atoms with van der Waals surface area (Å²) < 4.78 is 0. The van der Waals surface area contributed by atoms with Crippen molar-refractivity contribution in [1.29, 1.82) is 0 Å². The van der Waals surface area contributed by atoms with Crippen molar-refractivity contribution in [3.8, 4) is 47.4 Å². The minimum absolute atomic E-state index is 0.126. The molecule has 23 heavy (non-hydrogen) atoms. The van der Waals surface area contributed by atoms with Crippen molar-refractivity contribution in [2.45, 2.75) is 77.6 Å². The number of hydrogen-bond acceptors (Lipinski definition) is 1. The van der Waals surface area contributed by atoms with E-state index in [0.29, 0.717) is 19.3 Å². The van der Waals surface area contributed by atoms with Crippen LogP contribution in [-0.2, 0) is 4.79 Å². The van der Waals surface area contributed by atoms with E-state index in [4.69, 9.17) is 5.11 Å². The Hall–Kier alpha value is -2.29. The second-order valence-electron chi connectivity index (χ2n) is 5.03. The van der Waals surface area contributed by atoms with Crippen molar-refractivity contribution in [3.63, 3.8) is 0 Å². The molecule has 0 aromatic carbocycles. The smallest absolute Gasteiger partial charge is 0.315 e. The Kier molecular flexibility index (Phi) is 16.0. The molecule has 1 N–H and O–H groups in total. The molecule has 2 heteroatoms. The van der Waals surface area contributed by atoms with Gasteiger partial charge in [0.25, 0.3) is 0 Å². The van der Waals surface area contributed by atoms with Crippen molar-refractivity contribution in [2.24, 2.45) is 0 Å². The summed E-state index contributed by atoms with van der Waals surface area (Å²) in [5.41, 5.74) is 0. The highest BCUT2D eigenvalue weighted by molar-refractivity contribution is 5.69. The highest BCUT2D eigenvalue weighted by Gasteiger charge is 1.87. The Balaban J connectivity index is 3.54. The topological polar surface area (TPSA) is 37.3 Å². The van der Waals surface area contributed by atoms with Crippen molar-refractivity contribution in [1.82, 2.24) is 0 Å². The van der Waals surface area contributed by atoms with E-state index in [-0.39, 0.29) is 6.42 Å². The molecule has 0 unspecified atom stereocenters. The summed E-state index contributed by atoms with van der Waals surface area (Å²) in [7, 11) is 0. The van der Waals surface area contributed by atoms with Gasteiger partial charge in [0.1, 0.15) is 6.42 Å². The maximum absolute atomic E-state index is 10.2. The molecule has 0 saturated heterocycles. The zero-order valence-electron chi connectivity index (χ0n) is 14.1. The van der Waals surface area contributed by atoms with Gasteiger partial charge >= 0.3 is 5.97 Å². The zero-order chi connectivity index (χ0) is 17.0. The lowest BCUT2D eigenvalue weighted by atomic mass is 10.1. The molecule has 0 heterocycles. The van der Waals surface area contributed by atoms with Gasteiger partial charge in [-0.3, -0.25) is 4.79 Å². The summed E-state index contributed by atoms with van der Waals surface area (Å²) in [6.07, 6.45) is 10.2. The van der Waals surface area contributed by atoms with Crippen molar-refractivity contribution in [2.75, 3.05) is 0 Å². The van der Waals surface area contributed by atoms with E-state index < -0.39 is 5.97 Å². The van der Waals surface area contributed by atoms with Crippen LogP contribution in [0, 0.1) is 47.4 Å². The Labute approximate surface area is 141 Å². The summed E-state index contributed by atoms with van der Waals surface area (Å²) in [5.74, 6) is 22.2.